The summed E-state index contributed by atoms with van der Waals surface area (Å²) >= 11 is 4.96. The molecule has 130 valence electrons. The van der Waals surface area contributed by atoms with Crippen LogP contribution in [0.15, 0.2) is 44.8 Å². The van der Waals surface area contributed by atoms with Gasteiger partial charge in [0.15, 0.2) is 17.2 Å². The van der Waals surface area contributed by atoms with Crippen LogP contribution in [-0.2, 0) is 9.53 Å². The summed E-state index contributed by atoms with van der Waals surface area (Å²) in [4.78, 5) is 17.2. The van der Waals surface area contributed by atoms with Crippen molar-refractivity contribution in [1.82, 2.24) is 0 Å². The van der Waals surface area contributed by atoms with E-state index in [1.807, 2.05) is 30.5 Å². The zero-order valence-electron chi connectivity index (χ0n) is 13.7. The molecular formula is C18H16BrNO4S. The number of methoxy groups -OCH3 is 1. The van der Waals surface area contributed by atoms with Gasteiger partial charge in [-0.2, -0.15) is 0 Å². The summed E-state index contributed by atoms with van der Waals surface area (Å²) in [5.74, 6) is 1.09. The van der Waals surface area contributed by atoms with E-state index in [1.165, 1.54) is 11.3 Å². The number of aliphatic imine (C=N–C) groups is 1. The second kappa shape index (κ2) is 7.84. The lowest BCUT2D eigenvalue weighted by atomic mass is 10.1. The average Bonchev–Trinajstić information content (AvgIpc) is 3.24. The Kier molecular flexibility index (Phi) is 5.55. The first kappa shape index (κ1) is 17.7. The number of halogens is 1. The van der Waals surface area contributed by atoms with Crippen molar-refractivity contribution in [2.75, 3.05) is 13.7 Å². The molecule has 0 aliphatic carbocycles. The Morgan fingerprint density at radius 3 is 2.92 bits per heavy atom. The number of benzene rings is 1. The highest BCUT2D eigenvalue weighted by Crippen LogP contribution is 2.37. The highest BCUT2D eigenvalue weighted by atomic mass is 79.9. The Morgan fingerprint density at radius 1 is 1.40 bits per heavy atom. The van der Waals surface area contributed by atoms with Crippen molar-refractivity contribution in [3.63, 3.8) is 0 Å². The number of carbonyl (C=O) groups excluding carboxylic acids is 1. The molecule has 0 atom stereocenters. The summed E-state index contributed by atoms with van der Waals surface area (Å²) in [5, 5.41) is 1.91. The summed E-state index contributed by atoms with van der Waals surface area (Å²) in [6.45, 7) is 2.63. The lowest BCUT2D eigenvalue weighted by Gasteiger charge is -2.13. The quantitative estimate of drug-likeness (QED) is 0.502. The van der Waals surface area contributed by atoms with Crippen molar-refractivity contribution in [2.24, 2.45) is 4.99 Å². The molecule has 1 aromatic carbocycles. The Morgan fingerprint density at radius 2 is 2.24 bits per heavy atom. The average molecular weight is 422 g/mol. The molecule has 0 bridgehead atoms. The van der Waals surface area contributed by atoms with E-state index in [2.05, 4.69) is 20.9 Å². The third kappa shape index (κ3) is 3.93. The van der Waals surface area contributed by atoms with Crippen LogP contribution in [-0.4, -0.2) is 25.6 Å². The molecule has 5 nitrogen and oxygen atoms in total. The minimum atomic E-state index is -0.468. The van der Waals surface area contributed by atoms with Gasteiger partial charge in [-0.25, -0.2) is 9.79 Å². The molecule has 3 rings (SSSR count). The first-order chi connectivity index (χ1) is 12.1. The SMILES string of the molecule is CCCOc1c(Br)cc(/C=C2\N=C(c3cccs3)OC2=O)cc1OC. The second-order valence-corrected chi connectivity index (χ2v) is 7.00. The third-order valence-electron chi connectivity index (χ3n) is 3.36. The van der Waals surface area contributed by atoms with Gasteiger partial charge in [-0.15, -0.1) is 11.3 Å². The predicted molar refractivity (Wildman–Crippen MR) is 101 cm³/mol. The smallest absolute Gasteiger partial charge is 0.363 e. The van der Waals surface area contributed by atoms with Gasteiger partial charge in [0.2, 0.25) is 5.90 Å². The van der Waals surface area contributed by atoms with Gasteiger partial charge in [0.1, 0.15) is 0 Å². The number of cyclic esters (lactones) is 1. The Hall–Kier alpha value is -2.12. The number of nitrogens with zero attached hydrogens (tertiary/aromatic N) is 1. The monoisotopic (exact) mass is 421 g/mol. The number of ether oxygens (including phenoxy) is 3. The fourth-order valence-electron chi connectivity index (χ4n) is 2.24. The largest absolute Gasteiger partial charge is 0.493 e. The van der Waals surface area contributed by atoms with Crippen LogP contribution in [0.2, 0.25) is 0 Å². The number of hydrogen-bond donors (Lipinski definition) is 0. The standard InChI is InChI=1S/C18H16BrNO4S/c1-3-6-23-16-12(19)8-11(10-14(16)22-2)9-13-18(21)24-17(20-13)15-5-4-7-25-15/h4-5,7-10H,3,6H2,1-2H3/b13-9-. The number of esters is 1. The minimum Gasteiger partial charge on any atom is -0.493 e. The summed E-state index contributed by atoms with van der Waals surface area (Å²) in [5.41, 5.74) is 1.01. The van der Waals surface area contributed by atoms with Crippen LogP contribution in [0.1, 0.15) is 23.8 Å². The Balaban J connectivity index is 1.93. The van der Waals surface area contributed by atoms with Crippen LogP contribution < -0.4 is 9.47 Å². The summed E-state index contributed by atoms with van der Waals surface area (Å²) in [7, 11) is 1.58. The van der Waals surface area contributed by atoms with Crippen LogP contribution >= 0.6 is 27.3 Å². The molecule has 1 aromatic heterocycles. The van der Waals surface area contributed by atoms with Crippen molar-refractivity contribution in [2.45, 2.75) is 13.3 Å². The predicted octanol–water partition coefficient (Wildman–Crippen LogP) is 4.65. The molecule has 2 heterocycles. The number of thiophene rings is 1. The number of rotatable bonds is 6. The maximum atomic E-state index is 12.1. The first-order valence-corrected chi connectivity index (χ1v) is 9.36. The second-order valence-electron chi connectivity index (χ2n) is 5.20. The van der Waals surface area contributed by atoms with Gasteiger partial charge >= 0.3 is 5.97 Å². The molecule has 0 radical (unpaired) electrons. The molecule has 1 aliphatic rings. The molecule has 0 spiro atoms. The van der Waals surface area contributed by atoms with Crippen molar-refractivity contribution in [1.29, 1.82) is 0 Å². The van der Waals surface area contributed by atoms with Crippen molar-refractivity contribution in [3.8, 4) is 11.5 Å². The molecular weight excluding hydrogens is 406 g/mol. The van der Waals surface area contributed by atoms with Crippen LogP contribution in [0.25, 0.3) is 6.08 Å². The molecule has 7 heteroatoms. The van der Waals surface area contributed by atoms with Crippen LogP contribution in [0.5, 0.6) is 11.5 Å². The molecule has 1 aliphatic heterocycles. The molecule has 0 amide bonds. The van der Waals surface area contributed by atoms with E-state index in [0.29, 0.717) is 24.0 Å². The first-order valence-electron chi connectivity index (χ1n) is 7.69. The van der Waals surface area contributed by atoms with Crippen LogP contribution in [0.3, 0.4) is 0 Å². The topological polar surface area (TPSA) is 57.1 Å². The van der Waals surface area contributed by atoms with E-state index >= 15 is 0 Å². The number of carbonyl (C=O) groups is 1. The fourth-order valence-corrected chi connectivity index (χ4v) is 3.46. The Bertz CT molecular complexity index is 843. The summed E-state index contributed by atoms with van der Waals surface area (Å²) in [6.07, 6.45) is 2.56. The van der Waals surface area contributed by atoms with E-state index in [4.69, 9.17) is 14.2 Å². The normalized spacial score (nSPS) is 15.2. The summed E-state index contributed by atoms with van der Waals surface area (Å²) in [6, 6.07) is 7.40. The van der Waals surface area contributed by atoms with Gasteiger partial charge in [0, 0.05) is 0 Å². The molecule has 0 unspecified atom stereocenters. The van der Waals surface area contributed by atoms with E-state index in [0.717, 1.165) is 21.3 Å². The van der Waals surface area contributed by atoms with E-state index in [-0.39, 0.29) is 5.70 Å². The van der Waals surface area contributed by atoms with Gasteiger partial charge in [-0.1, -0.05) is 13.0 Å². The lowest BCUT2D eigenvalue weighted by molar-refractivity contribution is -0.129. The van der Waals surface area contributed by atoms with Gasteiger partial charge in [-0.05, 0) is 57.6 Å². The Labute approximate surface area is 158 Å². The van der Waals surface area contributed by atoms with Gasteiger partial charge in [-0.3, -0.25) is 0 Å². The molecule has 2 aromatic rings. The van der Waals surface area contributed by atoms with Gasteiger partial charge in [0.25, 0.3) is 0 Å². The molecule has 0 saturated heterocycles. The third-order valence-corrected chi connectivity index (χ3v) is 4.81. The van der Waals surface area contributed by atoms with E-state index in [1.54, 1.807) is 19.3 Å². The lowest BCUT2D eigenvalue weighted by Crippen LogP contribution is -2.03. The summed E-state index contributed by atoms with van der Waals surface area (Å²) < 4.78 is 17.1. The van der Waals surface area contributed by atoms with Crippen LogP contribution in [0, 0.1) is 0 Å². The van der Waals surface area contributed by atoms with Crippen molar-refractivity contribution in [3.05, 3.63) is 50.3 Å². The maximum Gasteiger partial charge on any atom is 0.363 e. The van der Waals surface area contributed by atoms with Gasteiger partial charge < -0.3 is 14.2 Å². The highest BCUT2D eigenvalue weighted by molar-refractivity contribution is 9.10. The van der Waals surface area contributed by atoms with E-state index in [9.17, 15) is 4.79 Å². The van der Waals surface area contributed by atoms with E-state index < -0.39 is 5.97 Å². The fraction of sp³-hybridized carbons (Fsp3) is 0.222. The zero-order chi connectivity index (χ0) is 17.8. The zero-order valence-corrected chi connectivity index (χ0v) is 16.1. The van der Waals surface area contributed by atoms with Crippen molar-refractivity contribution >= 4 is 45.2 Å². The number of hydrogen-bond acceptors (Lipinski definition) is 6. The highest BCUT2D eigenvalue weighted by Gasteiger charge is 2.25. The molecule has 0 saturated carbocycles. The van der Waals surface area contributed by atoms with Gasteiger partial charge in [0.05, 0.1) is 23.1 Å². The molecule has 0 N–H and O–H groups in total. The minimum absolute atomic E-state index is 0.250. The van der Waals surface area contributed by atoms with Crippen LogP contribution in [0.4, 0.5) is 0 Å². The maximum absolute atomic E-state index is 12.1. The molecule has 25 heavy (non-hydrogen) atoms. The molecule has 0 fully saturated rings. The van der Waals surface area contributed by atoms with Crippen molar-refractivity contribution < 1.29 is 19.0 Å².